The predicted octanol–water partition coefficient (Wildman–Crippen LogP) is 4.16. The van der Waals surface area contributed by atoms with E-state index in [4.69, 9.17) is 0 Å². The molecule has 3 aromatic rings. The van der Waals surface area contributed by atoms with Gasteiger partial charge in [0, 0.05) is 17.9 Å². The summed E-state index contributed by atoms with van der Waals surface area (Å²) in [4.78, 5) is 27.1. The normalized spacial score (nSPS) is 17.1. The highest BCUT2D eigenvalue weighted by Crippen LogP contribution is 2.39. The fourth-order valence-electron chi connectivity index (χ4n) is 3.28. The molecule has 1 aliphatic rings. The summed E-state index contributed by atoms with van der Waals surface area (Å²) in [6.07, 6.45) is 0. The van der Waals surface area contributed by atoms with Gasteiger partial charge in [0.2, 0.25) is 5.91 Å². The summed E-state index contributed by atoms with van der Waals surface area (Å²) in [7, 11) is 0. The number of hydrogen-bond acceptors (Lipinski definition) is 7. The highest BCUT2D eigenvalue weighted by atomic mass is 32.2. The molecular formula is C20H19FN4O3S3. The number of benzene rings is 1. The summed E-state index contributed by atoms with van der Waals surface area (Å²) in [6.45, 7) is 2.09. The third-order valence-electron chi connectivity index (χ3n) is 4.86. The number of carbonyl (C=O) groups excluding carboxylic acids is 1. The number of carbonyl (C=O) groups is 2. The Labute approximate surface area is 190 Å². The van der Waals surface area contributed by atoms with Gasteiger partial charge in [0.15, 0.2) is 11.0 Å². The van der Waals surface area contributed by atoms with Crippen LogP contribution in [-0.4, -0.2) is 54.7 Å². The van der Waals surface area contributed by atoms with Gasteiger partial charge in [-0.1, -0.05) is 36.0 Å². The minimum absolute atomic E-state index is 0.0560. The maximum Gasteiger partial charge on any atom is 0.326 e. The molecule has 1 aromatic carbocycles. The van der Waals surface area contributed by atoms with E-state index in [-0.39, 0.29) is 22.9 Å². The quantitative estimate of drug-likeness (QED) is 0.510. The smallest absolute Gasteiger partial charge is 0.326 e. The molecule has 0 bridgehead atoms. The maximum absolute atomic E-state index is 14.3. The molecule has 2 aromatic heterocycles. The van der Waals surface area contributed by atoms with Crippen molar-refractivity contribution in [3.05, 3.63) is 53.2 Å². The van der Waals surface area contributed by atoms with Crippen LogP contribution in [0, 0.1) is 5.82 Å². The van der Waals surface area contributed by atoms with Crippen molar-refractivity contribution < 1.29 is 19.1 Å². The standard InChI is InChI=1S/C20H19FN4O3S3/c1-12(19(27)28)25-17(15-7-4-9-29-15)22-23-20(25)31-11-16(26)24-8-10-30-18(24)13-5-2-3-6-14(13)21/h2-7,9,12,18H,8,10-11H2,1H3,(H,27,28)/t12-,18+/m0/s1. The number of aromatic nitrogens is 3. The van der Waals surface area contributed by atoms with Gasteiger partial charge in [-0.2, -0.15) is 0 Å². The summed E-state index contributed by atoms with van der Waals surface area (Å²) < 4.78 is 15.8. The van der Waals surface area contributed by atoms with Crippen molar-refractivity contribution in [1.29, 1.82) is 0 Å². The second-order valence-corrected chi connectivity index (χ2v) is 9.87. The number of rotatable bonds is 7. The van der Waals surface area contributed by atoms with Gasteiger partial charge in [-0.15, -0.1) is 33.3 Å². The number of nitrogens with zero attached hydrogens (tertiary/aromatic N) is 4. The predicted molar refractivity (Wildman–Crippen MR) is 120 cm³/mol. The number of halogens is 1. The van der Waals surface area contributed by atoms with E-state index in [1.165, 1.54) is 29.2 Å². The van der Waals surface area contributed by atoms with Crippen molar-refractivity contribution in [2.24, 2.45) is 0 Å². The highest BCUT2D eigenvalue weighted by Gasteiger charge is 2.33. The molecule has 3 heterocycles. The molecular weight excluding hydrogens is 459 g/mol. The van der Waals surface area contributed by atoms with Crippen LogP contribution in [0.1, 0.15) is 23.9 Å². The molecule has 1 saturated heterocycles. The maximum atomic E-state index is 14.3. The summed E-state index contributed by atoms with van der Waals surface area (Å²) in [5.41, 5.74) is 0.492. The Morgan fingerprint density at radius 3 is 2.81 bits per heavy atom. The van der Waals surface area contributed by atoms with E-state index < -0.39 is 12.0 Å². The van der Waals surface area contributed by atoms with Crippen molar-refractivity contribution in [3.8, 4) is 10.7 Å². The van der Waals surface area contributed by atoms with Crippen LogP contribution >= 0.6 is 34.9 Å². The van der Waals surface area contributed by atoms with Crippen LogP contribution < -0.4 is 0 Å². The third kappa shape index (κ3) is 4.48. The van der Waals surface area contributed by atoms with Gasteiger partial charge in [0.25, 0.3) is 0 Å². The largest absolute Gasteiger partial charge is 0.480 e. The van der Waals surface area contributed by atoms with Crippen LogP contribution in [0.25, 0.3) is 10.7 Å². The number of hydrogen-bond donors (Lipinski definition) is 1. The van der Waals surface area contributed by atoms with Crippen LogP contribution in [0.15, 0.2) is 46.9 Å². The zero-order valence-corrected chi connectivity index (χ0v) is 18.9. The molecule has 31 heavy (non-hydrogen) atoms. The van der Waals surface area contributed by atoms with E-state index in [0.717, 1.165) is 22.4 Å². The van der Waals surface area contributed by atoms with Crippen molar-refractivity contribution in [2.45, 2.75) is 23.5 Å². The fraction of sp³-hybridized carbons (Fsp3) is 0.300. The van der Waals surface area contributed by atoms with E-state index in [9.17, 15) is 19.1 Å². The molecule has 1 aliphatic heterocycles. The number of thiophene rings is 1. The summed E-state index contributed by atoms with van der Waals surface area (Å²) in [6, 6.07) is 9.29. The number of aliphatic carboxylic acids is 1. The number of thioether (sulfide) groups is 2. The van der Waals surface area contributed by atoms with Crippen molar-refractivity contribution in [2.75, 3.05) is 18.1 Å². The number of carboxylic acid groups (broad SMARTS) is 1. The third-order valence-corrected chi connectivity index (χ3v) is 7.89. The van der Waals surface area contributed by atoms with E-state index in [2.05, 4.69) is 10.2 Å². The molecule has 4 rings (SSSR count). The Morgan fingerprint density at radius 2 is 2.10 bits per heavy atom. The number of amides is 1. The zero-order valence-electron chi connectivity index (χ0n) is 16.5. The van der Waals surface area contributed by atoms with E-state index in [0.29, 0.717) is 23.1 Å². The van der Waals surface area contributed by atoms with E-state index in [1.54, 1.807) is 34.6 Å². The first-order valence-corrected chi connectivity index (χ1v) is 12.4. The van der Waals surface area contributed by atoms with Gasteiger partial charge in [-0.25, -0.2) is 9.18 Å². The molecule has 0 radical (unpaired) electrons. The lowest BCUT2D eigenvalue weighted by molar-refractivity contribution is -0.140. The van der Waals surface area contributed by atoms with E-state index in [1.807, 2.05) is 17.5 Å². The van der Waals surface area contributed by atoms with Crippen molar-refractivity contribution in [1.82, 2.24) is 19.7 Å². The molecule has 1 N–H and O–H groups in total. The molecule has 7 nitrogen and oxygen atoms in total. The molecule has 11 heteroatoms. The molecule has 2 atom stereocenters. The Balaban J connectivity index is 1.53. The first kappa shape index (κ1) is 21.8. The van der Waals surface area contributed by atoms with Crippen LogP contribution in [0.2, 0.25) is 0 Å². The Hall–Kier alpha value is -2.37. The van der Waals surface area contributed by atoms with E-state index >= 15 is 0 Å². The summed E-state index contributed by atoms with van der Waals surface area (Å²) in [5, 5.41) is 19.7. The lowest BCUT2D eigenvalue weighted by Crippen LogP contribution is -2.32. The van der Waals surface area contributed by atoms with Crippen LogP contribution in [-0.2, 0) is 9.59 Å². The minimum Gasteiger partial charge on any atom is -0.480 e. The molecule has 1 amide bonds. The second-order valence-electron chi connectivity index (χ2n) is 6.79. The molecule has 1 fully saturated rings. The highest BCUT2D eigenvalue weighted by molar-refractivity contribution is 8.00. The Kier molecular flexibility index (Phi) is 6.63. The van der Waals surface area contributed by atoms with Gasteiger partial charge in [-0.05, 0) is 24.4 Å². The lowest BCUT2D eigenvalue weighted by atomic mass is 10.2. The Morgan fingerprint density at radius 1 is 1.29 bits per heavy atom. The summed E-state index contributed by atoms with van der Waals surface area (Å²) >= 11 is 4.11. The van der Waals surface area contributed by atoms with Crippen LogP contribution in [0.4, 0.5) is 4.39 Å². The topological polar surface area (TPSA) is 88.3 Å². The van der Waals surface area contributed by atoms with Crippen molar-refractivity contribution in [3.63, 3.8) is 0 Å². The molecule has 0 saturated carbocycles. The average Bonchev–Trinajstić information content (AvgIpc) is 3.51. The van der Waals surface area contributed by atoms with Gasteiger partial charge in [0.05, 0.1) is 10.6 Å². The SMILES string of the molecule is C[C@@H](C(=O)O)n1c(SCC(=O)N2CCS[C@@H]2c2ccccc2F)nnc1-c1cccs1. The van der Waals surface area contributed by atoms with Gasteiger partial charge < -0.3 is 10.0 Å². The number of carboxylic acids is 1. The Bertz CT molecular complexity index is 1090. The summed E-state index contributed by atoms with van der Waals surface area (Å²) in [5.74, 6) is -0.256. The van der Waals surface area contributed by atoms with Crippen LogP contribution in [0.5, 0.6) is 0 Å². The molecule has 0 unspecified atom stereocenters. The minimum atomic E-state index is -1.01. The van der Waals surface area contributed by atoms with Gasteiger partial charge in [-0.3, -0.25) is 9.36 Å². The first-order valence-electron chi connectivity index (χ1n) is 9.47. The second kappa shape index (κ2) is 9.41. The first-order chi connectivity index (χ1) is 15.0. The fourth-order valence-corrected chi connectivity index (χ4v) is 6.18. The zero-order chi connectivity index (χ0) is 22.0. The average molecular weight is 479 g/mol. The molecule has 0 spiro atoms. The van der Waals surface area contributed by atoms with Gasteiger partial charge >= 0.3 is 5.97 Å². The lowest BCUT2D eigenvalue weighted by Gasteiger charge is -2.24. The molecule has 0 aliphatic carbocycles. The monoisotopic (exact) mass is 478 g/mol. The van der Waals surface area contributed by atoms with Crippen molar-refractivity contribution >= 4 is 46.7 Å². The van der Waals surface area contributed by atoms with Gasteiger partial charge in [0.1, 0.15) is 17.2 Å². The van der Waals surface area contributed by atoms with Crippen LogP contribution in [0.3, 0.4) is 0 Å². The molecule has 162 valence electrons.